The molecule has 1 fully saturated rings. The second-order valence-electron chi connectivity index (χ2n) is 4.15. The minimum absolute atomic E-state index is 0.677. The molecule has 6 heteroatoms. The van der Waals surface area contributed by atoms with Crippen molar-refractivity contribution in [1.29, 1.82) is 0 Å². The lowest BCUT2D eigenvalue weighted by molar-refractivity contribution is 0.0329. The zero-order chi connectivity index (χ0) is 11.7. The minimum atomic E-state index is 0.677. The third-order valence-corrected chi connectivity index (χ3v) is 2.99. The maximum Gasteiger partial charge on any atom is 0.162 e. The van der Waals surface area contributed by atoms with Gasteiger partial charge in [-0.15, -0.1) is 10.2 Å². The first-order chi connectivity index (χ1) is 8.34. The topological polar surface area (TPSA) is 68.7 Å². The molecule has 90 valence electrons. The average molecular weight is 233 g/mol. The summed E-state index contributed by atoms with van der Waals surface area (Å²) < 4.78 is 7.22. The van der Waals surface area contributed by atoms with Crippen LogP contribution in [0, 0.1) is 0 Å². The van der Waals surface area contributed by atoms with Crippen molar-refractivity contribution in [2.75, 3.05) is 32.0 Å². The quantitative estimate of drug-likeness (QED) is 0.799. The molecule has 0 spiro atoms. The second-order valence-corrected chi connectivity index (χ2v) is 4.15. The molecule has 3 rings (SSSR count). The summed E-state index contributed by atoms with van der Waals surface area (Å²) in [4.78, 5) is 2.30. The molecule has 0 unspecified atom stereocenters. The molecule has 0 bridgehead atoms. The number of hydrogen-bond donors (Lipinski definition) is 1. The zero-order valence-corrected chi connectivity index (χ0v) is 9.54. The number of fused-ring (bicyclic) bond motifs is 1. The van der Waals surface area contributed by atoms with Gasteiger partial charge in [-0.1, -0.05) is 6.07 Å². The van der Waals surface area contributed by atoms with E-state index >= 15 is 0 Å². The van der Waals surface area contributed by atoms with Crippen molar-refractivity contribution in [1.82, 2.24) is 19.5 Å². The fourth-order valence-corrected chi connectivity index (χ4v) is 2.09. The normalized spacial score (nSPS) is 17.6. The molecule has 2 aromatic rings. The fraction of sp³-hybridized carbons (Fsp3) is 0.455. The summed E-state index contributed by atoms with van der Waals surface area (Å²) in [5.41, 5.74) is 6.75. The van der Waals surface area contributed by atoms with Crippen LogP contribution in [0.2, 0.25) is 0 Å². The Kier molecular flexibility index (Phi) is 2.66. The van der Waals surface area contributed by atoms with Crippen LogP contribution in [0.1, 0.15) is 5.82 Å². The highest BCUT2D eigenvalue weighted by Gasteiger charge is 2.15. The van der Waals surface area contributed by atoms with E-state index in [2.05, 4.69) is 15.1 Å². The molecule has 1 saturated heterocycles. The van der Waals surface area contributed by atoms with Crippen molar-refractivity contribution in [2.24, 2.45) is 0 Å². The lowest BCUT2D eigenvalue weighted by atomic mass is 10.4. The summed E-state index contributed by atoms with van der Waals surface area (Å²) in [6, 6.07) is 5.66. The van der Waals surface area contributed by atoms with E-state index in [9.17, 15) is 0 Å². The molecule has 2 aromatic heterocycles. The Bertz CT molecular complexity index is 518. The van der Waals surface area contributed by atoms with Crippen molar-refractivity contribution in [2.45, 2.75) is 6.54 Å². The van der Waals surface area contributed by atoms with E-state index in [1.807, 2.05) is 22.6 Å². The summed E-state index contributed by atoms with van der Waals surface area (Å²) in [6.45, 7) is 4.19. The maximum atomic E-state index is 5.95. The first-order valence-electron chi connectivity index (χ1n) is 5.73. The first kappa shape index (κ1) is 10.5. The van der Waals surface area contributed by atoms with E-state index in [1.165, 1.54) is 0 Å². The third-order valence-electron chi connectivity index (χ3n) is 2.99. The summed E-state index contributed by atoms with van der Waals surface area (Å²) in [5, 5.41) is 8.32. The molecule has 1 aliphatic heterocycles. The number of nitrogens with two attached hydrogens (primary N) is 1. The predicted octanol–water partition coefficient (Wildman–Crippen LogP) is 0.144. The number of morpholine rings is 1. The van der Waals surface area contributed by atoms with Gasteiger partial charge in [-0.2, -0.15) is 0 Å². The van der Waals surface area contributed by atoms with Gasteiger partial charge in [0.2, 0.25) is 0 Å². The van der Waals surface area contributed by atoms with Crippen molar-refractivity contribution in [3.05, 3.63) is 24.0 Å². The Morgan fingerprint density at radius 1 is 1.24 bits per heavy atom. The van der Waals surface area contributed by atoms with Crippen LogP contribution in [0.4, 0.5) is 5.82 Å². The van der Waals surface area contributed by atoms with Crippen LogP contribution in [0.5, 0.6) is 0 Å². The van der Waals surface area contributed by atoms with Crippen LogP contribution >= 0.6 is 0 Å². The van der Waals surface area contributed by atoms with Gasteiger partial charge in [-0.05, 0) is 12.1 Å². The predicted molar refractivity (Wildman–Crippen MR) is 63.5 cm³/mol. The summed E-state index contributed by atoms with van der Waals surface area (Å²) in [7, 11) is 0. The number of pyridine rings is 1. The smallest absolute Gasteiger partial charge is 0.162 e. The van der Waals surface area contributed by atoms with Crippen molar-refractivity contribution < 1.29 is 4.74 Å². The van der Waals surface area contributed by atoms with Crippen molar-refractivity contribution in [3.8, 4) is 0 Å². The molecule has 17 heavy (non-hydrogen) atoms. The molecule has 0 saturated carbocycles. The highest BCUT2D eigenvalue weighted by Crippen LogP contribution is 2.12. The van der Waals surface area contributed by atoms with Gasteiger partial charge in [0.05, 0.1) is 19.8 Å². The Morgan fingerprint density at radius 3 is 2.88 bits per heavy atom. The van der Waals surface area contributed by atoms with Gasteiger partial charge in [-0.3, -0.25) is 9.30 Å². The van der Waals surface area contributed by atoms with Gasteiger partial charge in [0.1, 0.15) is 5.82 Å². The number of nitrogen functional groups attached to an aromatic ring is 1. The van der Waals surface area contributed by atoms with Crippen LogP contribution in [0.3, 0.4) is 0 Å². The molecule has 0 aromatic carbocycles. The Labute approximate surface area is 99.0 Å². The molecule has 6 nitrogen and oxygen atoms in total. The zero-order valence-electron chi connectivity index (χ0n) is 9.54. The number of aromatic nitrogens is 3. The van der Waals surface area contributed by atoms with E-state index in [4.69, 9.17) is 10.5 Å². The molecule has 0 aliphatic carbocycles. The lowest BCUT2D eigenvalue weighted by Gasteiger charge is -2.25. The van der Waals surface area contributed by atoms with Gasteiger partial charge in [0, 0.05) is 13.1 Å². The first-order valence-corrected chi connectivity index (χ1v) is 5.73. The van der Waals surface area contributed by atoms with Gasteiger partial charge in [0.15, 0.2) is 11.5 Å². The average Bonchev–Trinajstić information content (AvgIpc) is 2.75. The van der Waals surface area contributed by atoms with Gasteiger partial charge in [-0.25, -0.2) is 0 Å². The van der Waals surface area contributed by atoms with E-state index in [1.54, 1.807) is 0 Å². The molecule has 0 radical (unpaired) electrons. The second kappa shape index (κ2) is 4.31. The van der Waals surface area contributed by atoms with Crippen LogP contribution in [-0.2, 0) is 11.3 Å². The van der Waals surface area contributed by atoms with Gasteiger partial charge >= 0.3 is 0 Å². The van der Waals surface area contributed by atoms with E-state index in [0.717, 1.165) is 44.3 Å². The van der Waals surface area contributed by atoms with E-state index in [-0.39, 0.29) is 0 Å². The molecule has 3 heterocycles. The minimum Gasteiger partial charge on any atom is -0.385 e. The van der Waals surface area contributed by atoms with Crippen LogP contribution in [-0.4, -0.2) is 45.8 Å². The van der Waals surface area contributed by atoms with Crippen molar-refractivity contribution in [3.63, 3.8) is 0 Å². The van der Waals surface area contributed by atoms with Gasteiger partial charge < -0.3 is 10.5 Å². The third kappa shape index (κ3) is 1.96. The number of hydrogen-bond acceptors (Lipinski definition) is 5. The molecule has 2 N–H and O–H groups in total. The molecule has 0 amide bonds. The highest BCUT2D eigenvalue weighted by atomic mass is 16.5. The van der Waals surface area contributed by atoms with E-state index in [0.29, 0.717) is 5.82 Å². The molecular formula is C11H15N5O. The summed E-state index contributed by atoms with van der Waals surface area (Å²) in [5.74, 6) is 1.57. The standard InChI is InChI=1S/C11H15N5O/c12-9-2-1-3-10-13-14-11(16(9)10)8-15-4-6-17-7-5-15/h1-3H,4-8,12H2. The number of anilines is 1. The summed E-state index contributed by atoms with van der Waals surface area (Å²) >= 11 is 0. The fourth-order valence-electron chi connectivity index (χ4n) is 2.09. The molecule has 1 aliphatic rings. The SMILES string of the molecule is Nc1cccc2nnc(CN3CCOCC3)n12. The lowest BCUT2D eigenvalue weighted by Crippen LogP contribution is -2.36. The van der Waals surface area contributed by atoms with Gasteiger partial charge in [0.25, 0.3) is 0 Å². The molecular weight excluding hydrogens is 218 g/mol. The largest absolute Gasteiger partial charge is 0.385 e. The van der Waals surface area contributed by atoms with Crippen LogP contribution < -0.4 is 5.73 Å². The number of nitrogens with zero attached hydrogens (tertiary/aromatic N) is 4. The Hall–Kier alpha value is -1.66. The number of rotatable bonds is 2. The summed E-state index contributed by atoms with van der Waals surface area (Å²) in [6.07, 6.45) is 0. The maximum absolute atomic E-state index is 5.95. The molecule has 0 atom stereocenters. The highest BCUT2D eigenvalue weighted by molar-refractivity contribution is 5.47. The monoisotopic (exact) mass is 233 g/mol. The Morgan fingerprint density at radius 2 is 2.06 bits per heavy atom. The van der Waals surface area contributed by atoms with Crippen LogP contribution in [0.15, 0.2) is 18.2 Å². The number of ether oxygens (including phenoxy) is 1. The van der Waals surface area contributed by atoms with Crippen molar-refractivity contribution >= 4 is 11.5 Å². The van der Waals surface area contributed by atoms with E-state index < -0.39 is 0 Å². The van der Waals surface area contributed by atoms with Crippen LogP contribution in [0.25, 0.3) is 5.65 Å². The Balaban J connectivity index is 1.89.